The van der Waals surface area contributed by atoms with Crippen LogP contribution in [0.5, 0.6) is 5.88 Å². The number of benzene rings is 1. The number of allylic oxidation sites excluding steroid dienone is 2. The van der Waals surface area contributed by atoms with Crippen molar-refractivity contribution in [3.63, 3.8) is 0 Å². The fourth-order valence-electron chi connectivity index (χ4n) is 7.44. The Morgan fingerprint density at radius 2 is 1.76 bits per heavy atom. The molecule has 2 saturated carbocycles. The summed E-state index contributed by atoms with van der Waals surface area (Å²) in [5.41, 5.74) is -0.206. The normalized spacial score (nSPS) is 27.2. The van der Waals surface area contributed by atoms with Gasteiger partial charge in [-0.1, -0.05) is 43.2 Å². The fourth-order valence-corrected chi connectivity index (χ4v) is 9.53. The third kappa shape index (κ3) is 8.46. The van der Waals surface area contributed by atoms with Crippen molar-refractivity contribution in [1.82, 2.24) is 24.9 Å². The Morgan fingerprint density at radius 1 is 1.00 bits per heavy atom. The number of sulfonamides is 1. The van der Waals surface area contributed by atoms with Gasteiger partial charge >= 0.3 is 6.09 Å². The molecule has 2 aliphatic carbocycles. The molecule has 3 fully saturated rings. The lowest BCUT2D eigenvalue weighted by atomic mass is 9.91. The Bertz CT molecular complexity index is 2060. The van der Waals surface area contributed by atoms with Crippen LogP contribution in [0.25, 0.3) is 21.6 Å². The Labute approximate surface area is 319 Å². The second-order valence-electron chi connectivity index (χ2n) is 15.9. The standard InChI is InChI=1S/C39H47N5O8S2/c1-38(2,3)52-37(48)42-29-15-8-6-4-5-7-12-24-21-39(24,36(47)43-54(49,50)26-17-18-26)22-31(45)30-20-25(23-44(30)35(29)46)51-34-33(32-16-11-19-53-32)40-27-13-9-10-14-28(27)41-34/h7,9-14,16,19,24-26,29-30H,4-6,8,15,17-18,20-23H2,1-3H3,(H,42,48)(H,43,47)/b12-7-/t24-,25?,29+,30+,39-/m1/s1. The molecular weight excluding hydrogens is 731 g/mol. The van der Waals surface area contributed by atoms with Crippen molar-refractivity contribution in [2.45, 2.75) is 114 Å². The van der Waals surface area contributed by atoms with Gasteiger partial charge in [-0.2, -0.15) is 0 Å². The SMILES string of the molecule is CC(C)(C)OC(=O)N[C@H]1CCCCC/C=C\[C@@H]2C[C@@]2(C(=O)NS(=O)(=O)C2CC2)CC(=O)[C@@H]2CC(Oc3nc4ccccc4nc3-c3cccs3)CN2C1=O. The summed E-state index contributed by atoms with van der Waals surface area (Å²) >= 11 is 1.48. The van der Waals surface area contributed by atoms with Crippen LogP contribution < -0.4 is 14.8 Å². The minimum absolute atomic E-state index is 0.0126. The Hall–Kier alpha value is -4.37. The molecule has 2 N–H and O–H groups in total. The Balaban J connectivity index is 1.21. The maximum atomic E-state index is 14.6. The minimum atomic E-state index is -3.85. The summed E-state index contributed by atoms with van der Waals surface area (Å²) in [6.45, 7) is 5.23. The molecule has 2 aliphatic heterocycles. The lowest BCUT2D eigenvalue weighted by Crippen LogP contribution is -2.53. The van der Waals surface area contributed by atoms with Gasteiger partial charge in [0.1, 0.15) is 23.4 Å². The molecule has 1 saturated heterocycles. The van der Waals surface area contributed by atoms with Crippen LogP contribution in [-0.2, 0) is 29.1 Å². The number of Topliss-reactive ketones (excluding diaryl/α,β-unsaturated/α-hetero) is 1. The zero-order chi connectivity index (χ0) is 38.3. The molecule has 288 valence electrons. The third-order valence-electron chi connectivity index (χ3n) is 10.5. The molecule has 4 heterocycles. The zero-order valence-corrected chi connectivity index (χ0v) is 32.4. The maximum absolute atomic E-state index is 14.6. The van der Waals surface area contributed by atoms with Crippen molar-refractivity contribution < 1.29 is 37.1 Å². The van der Waals surface area contributed by atoms with Gasteiger partial charge in [0.15, 0.2) is 5.78 Å². The number of thiophene rings is 1. The van der Waals surface area contributed by atoms with Crippen LogP contribution in [0.15, 0.2) is 53.9 Å². The van der Waals surface area contributed by atoms with Gasteiger partial charge in [-0.3, -0.25) is 19.1 Å². The summed E-state index contributed by atoms with van der Waals surface area (Å²) in [6, 6.07) is 9.28. The smallest absolute Gasteiger partial charge is 0.408 e. The monoisotopic (exact) mass is 777 g/mol. The maximum Gasteiger partial charge on any atom is 0.408 e. The van der Waals surface area contributed by atoms with E-state index in [4.69, 9.17) is 19.4 Å². The second kappa shape index (κ2) is 15.0. The highest BCUT2D eigenvalue weighted by Crippen LogP contribution is 2.57. The molecule has 0 radical (unpaired) electrons. The number of alkyl carbamates (subject to hydrolysis) is 1. The van der Waals surface area contributed by atoms with E-state index >= 15 is 0 Å². The van der Waals surface area contributed by atoms with Gasteiger partial charge in [0.05, 0.1) is 39.2 Å². The van der Waals surface area contributed by atoms with Crippen molar-refractivity contribution in [1.29, 1.82) is 0 Å². The van der Waals surface area contributed by atoms with Gasteiger partial charge in [-0.05, 0) is 88.8 Å². The highest BCUT2D eigenvalue weighted by atomic mass is 32.2. The molecular formula is C39H47N5O8S2. The molecule has 0 spiro atoms. The molecule has 0 bridgehead atoms. The molecule has 7 rings (SSSR count). The Morgan fingerprint density at radius 3 is 2.46 bits per heavy atom. The molecule has 15 heteroatoms. The number of hydrogen-bond acceptors (Lipinski definition) is 11. The van der Waals surface area contributed by atoms with Gasteiger partial charge in [0, 0.05) is 12.8 Å². The average molecular weight is 778 g/mol. The van der Waals surface area contributed by atoms with Crippen molar-refractivity contribution in [3.05, 3.63) is 53.9 Å². The van der Waals surface area contributed by atoms with Crippen molar-refractivity contribution >= 4 is 56.1 Å². The fraction of sp³-hybridized carbons (Fsp3) is 0.538. The van der Waals surface area contributed by atoms with E-state index in [1.165, 1.54) is 16.2 Å². The van der Waals surface area contributed by atoms with E-state index in [0.717, 1.165) is 24.1 Å². The Kier molecular flexibility index (Phi) is 10.6. The van der Waals surface area contributed by atoms with E-state index in [1.54, 1.807) is 20.8 Å². The highest BCUT2D eigenvalue weighted by Gasteiger charge is 2.61. The summed E-state index contributed by atoms with van der Waals surface area (Å²) in [5, 5.41) is 4.10. The first-order valence-corrected chi connectivity index (χ1v) is 21.2. The van der Waals surface area contributed by atoms with E-state index < -0.39 is 62.4 Å². The van der Waals surface area contributed by atoms with Crippen molar-refractivity contribution in [3.8, 4) is 16.5 Å². The second-order valence-corrected chi connectivity index (χ2v) is 18.8. The number of rotatable bonds is 7. The summed E-state index contributed by atoms with van der Waals surface area (Å²) in [6.07, 6.45) is 6.92. The molecule has 3 aromatic rings. The number of para-hydroxylation sites is 2. The quantitative estimate of drug-likeness (QED) is 0.284. The lowest BCUT2D eigenvalue weighted by Gasteiger charge is -2.30. The van der Waals surface area contributed by atoms with Crippen molar-refractivity contribution in [2.24, 2.45) is 11.3 Å². The molecule has 5 atom stereocenters. The molecule has 1 aromatic carbocycles. The summed E-state index contributed by atoms with van der Waals surface area (Å²) in [5.74, 6) is -1.56. The van der Waals surface area contributed by atoms with Gasteiger partial charge in [0.2, 0.25) is 27.7 Å². The number of amides is 3. The first kappa shape index (κ1) is 37.9. The van der Waals surface area contributed by atoms with Crippen LogP contribution >= 0.6 is 11.3 Å². The number of nitrogens with zero attached hydrogens (tertiary/aromatic N) is 3. The molecule has 54 heavy (non-hydrogen) atoms. The number of carbonyl (C=O) groups is 4. The van der Waals surface area contributed by atoms with Crippen LogP contribution in [0.3, 0.4) is 0 Å². The largest absolute Gasteiger partial charge is 0.471 e. The number of carbonyl (C=O) groups excluding carboxylic acids is 4. The number of hydrogen-bond donors (Lipinski definition) is 2. The number of aromatic nitrogens is 2. The van der Waals surface area contributed by atoms with Gasteiger partial charge in [-0.15, -0.1) is 11.3 Å². The van der Waals surface area contributed by atoms with E-state index in [-0.39, 0.29) is 37.0 Å². The summed E-state index contributed by atoms with van der Waals surface area (Å²) < 4.78 is 40.1. The summed E-state index contributed by atoms with van der Waals surface area (Å²) in [7, 11) is -3.85. The number of ether oxygens (including phenoxy) is 2. The van der Waals surface area contributed by atoms with E-state index in [0.29, 0.717) is 48.8 Å². The number of ketones is 1. The van der Waals surface area contributed by atoms with E-state index in [2.05, 4.69) is 10.0 Å². The number of nitrogens with one attached hydrogen (secondary N) is 2. The molecule has 3 amide bonds. The first-order valence-electron chi connectivity index (χ1n) is 18.8. The predicted octanol–water partition coefficient (Wildman–Crippen LogP) is 5.69. The zero-order valence-electron chi connectivity index (χ0n) is 30.8. The van der Waals surface area contributed by atoms with E-state index in [1.807, 2.05) is 53.9 Å². The topological polar surface area (TPSA) is 174 Å². The van der Waals surface area contributed by atoms with Crippen LogP contribution in [0, 0.1) is 11.3 Å². The lowest BCUT2D eigenvalue weighted by molar-refractivity contribution is -0.140. The summed E-state index contributed by atoms with van der Waals surface area (Å²) in [4.78, 5) is 67.9. The molecule has 13 nitrogen and oxygen atoms in total. The van der Waals surface area contributed by atoms with Gasteiger partial charge in [0.25, 0.3) is 0 Å². The molecule has 1 unspecified atom stereocenters. The van der Waals surface area contributed by atoms with Crippen molar-refractivity contribution in [2.75, 3.05) is 6.54 Å². The molecule has 2 aromatic heterocycles. The van der Waals surface area contributed by atoms with Gasteiger partial charge < -0.3 is 19.7 Å². The van der Waals surface area contributed by atoms with Crippen LogP contribution in [-0.4, -0.2) is 82.6 Å². The van der Waals surface area contributed by atoms with Crippen LogP contribution in [0.2, 0.25) is 0 Å². The highest BCUT2D eigenvalue weighted by molar-refractivity contribution is 7.90. The predicted molar refractivity (Wildman–Crippen MR) is 203 cm³/mol. The third-order valence-corrected chi connectivity index (χ3v) is 13.2. The molecule has 4 aliphatic rings. The average Bonchev–Trinajstić information content (AvgIpc) is 3.97. The first-order chi connectivity index (χ1) is 25.7. The van der Waals surface area contributed by atoms with Crippen LogP contribution in [0.1, 0.15) is 85.0 Å². The number of fused-ring (bicyclic) bond motifs is 3. The minimum Gasteiger partial charge on any atom is -0.471 e. The van der Waals surface area contributed by atoms with Gasteiger partial charge in [-0.25, -0.2) is 23.2 Å². The van der Waals surface area contributed by atoms with E-state index in [9.17, 15) is 27.6 Å². The van der Waals surface area contributed by atoms with Crippen LogP contribution in [0.4, 0.5) is 4.79 Å².